The van der Waals surface area contributed by atoms with Crippen LogP contribution >= 0.6 is 7.60 Å². The third-order valence-electron chi connectivity index (χ3n) is 4.90. The maximum absolute atomic E-state index is 11.4. The normalized spacial score (nSPS) is 13.8. The highest BCUT2D eigenvalue weighted by Gasteiger charge is 2.11. The largest absolute Gasteiger partial charge is 0.425 e. The van der Waals surface area contributed by atoms with Crippen LogP contribution in [0.4, 0.5) is 0 Å². The van der Waals surface area contributed by atoms with E-state index in [0.717, 1.165) is 17.2 Å². The Morgan fingerprint density at radius 1 is 0.893 bits per heavy atom. The molecular weight excluding hydrogens is 367 g/mol. The van der Waals surface area contributed by atoms with Crippen LogP contribution in [0.5, 0.6) is 5.75 Å². The van der Waals surface area contributed by atoms with Gasteiger partial charge in [-0.1, -0.05) is 88.6 Å². The predicted molar refractivity (Wildman–Crippen MR) is 121 cm³/mol. The Morgan fingerprint density at radius 3 is 2.18 bits per heavy atom. The predicted octanol–water partition coefficient (Wildman–Crippen LogP) is 7.97. The van der Waals surface area contributed by atoms with E-state index in [1.807, 2.05) is 12.1 Å². The van der Waals surface area contributed by atoms with E-state index in [2.05, 4.69) is 31.2 Å². The van der Waals surface area contributed by atoms with Gasteiger partial charge in [-0.05, 0) is 47.4 Å². The van der Waals surface area contributed by atoms with Crippen LogP contribution in [0.3, 0.4) is 0 Å². The number of hydrogen-bond donors (Lipinski definition) is 1. The molecule has 0 fully saturated rings. The molecular formula is C24H35O3P. The lowest BCUT2D eigenvalue weighted by molar-refractivity contribution is 0.388. The summed E-state index contributed by atoms with van der Waals surface area (Å²) in [6.45, 7) is 3.46. The summed E-state index contributed by atoms with van der Waals surface area (Å²) >= 11 is 0. The molecule has 0 aliphatic rings. The van der Waals surface area contributed by atoms with Crippen LogP contribution in [0.15, 0.2) is 42.5 Å². The van der Waals surface area contributed by atoms with Crippen molar-refractivity contribution in [2.45, 2.75) is 71.1 Å². The molecule has 2 rings (SSSR count). The van der Waals surface area contributed by atoms with Crippen LogP contribution in [-0.2, 0) is 4.57 Å². The second-order valence-electron chi connectivity index (χ2n) is 7.68. The van der Waals surface area contributed by atoms with Crippen LogP contribution in [0.2, 0.25) is 0 Å². The van der Waals surface area contributed by atoms with E-state index in [-0.39, 0.29) is 0 Å². The quantitative estimate of drug-likeness (QED) is 0.273. The van der Waals surface area contributed by atoms with E-state index < -0.39 is 7.60 Å². The number of fused-ring (bicyclic) bond motifs is 1. The minimum atomic E-state index is -3.52. The molecule has 0 radical (unpaired) electrons. The van der Waals surface area contributed by atoms with Crippen LogP contribution in [0.25, 0.3) is 16.8 Å². The Hall–Kier alpha value is -1.57. The van der Waals surface area contributed by atoms with E-state index in [4.69, 9.17) is 4.52 Å². The Bertz CT molecular complexity index is 792. The summed E-state index contributed by atoms with van der Waals surface area (Å²) in [5, 5.41) is 2.10. The van der Waals surface area contributed by atoms with Gasteiger partial charge in [0, 0.05) is 6.66 Å². The summed E-state index contributed by atoms with van der Waals surface area (Å²) in [5.74, 6) is 0.425. The van der Waals surface area contributed by atoms with Gasteiger partial charge in [0.2, 0.25) is 0 Å². The van der Waals surface area contributed by atoms with E-state index in [1.54, 1.807) is 12.1 Å². The lowest BCUT2D eigenvalue weighted by atomic mass is 10.0. The lowest BCUT2D eigenvalue weighted by Crippen LogP contribution is -1.89. The summed E-state index contributed by atoms with van der Waals surface area (Å²) in [6.07, 6.45) is 17.8. The summed E-state index contributed by atoms with van der Waals surface area (Å²) in [7, 11) is -3.52. The zero-order valence-electron chi connectivity index (χ0n) is 17.4. The van der Waals surface area contributed by atoms with Gasteiger partial charge in [-0.15, -0.1) is 0 Å². The average molecular weight is 403 g/mol. The minimum Gasteiger partial charge on any atom is -0.425 e. The monoisotopic (exact) mass is 402 g/mol. The Balaban J connectivity index is 1.72. The first-order valence-corrected chi connectivity index (χ1v) is 12.7. The number of hydrogen-bond acceptors (Lipinski definition) is 2. The molecule has 0 amide bonds. The fourth-order valence-electron chi connectivity index (χ4n) is 3.39. The van der Waals surface area contributed by atoms with Crippen molar-refractivity contribution in [1.29, 1.82) is 0 Å². The summed E-state index contributed by atoms with van der Waals surface area (Å²) < 4.78 is 16.5. The third-order valence-corrected chi connectivity index (χ3v) is 5.44. The van der Waals surface area contributed by atoms with Crippen molar-refractivity contribution in [2.24, 2.45) is 0 Å². The summed E-state index contributed by atoms with van der Waals surface area (Å²) in [6, 6.07) is 11.7. The fraction of sp³-hybridized carbons (Fsp3) is 0.500. The number of benzene rings is 2. The van der Waals surface area contributed by atoms with Gasteiger partial charge in [-0.3, -0.25) is 0 Å². The first-order chi connectivity index (χ1) is 13.5. The van der Waals surface area contributed by atoms with Crippen molar-refractivity contribution in [3.8, 4) is 5.75 Å². The Labute approximate surface area is 170 Å². The first kappa shape index (κ1) is 22.7. The molecule has 0 saturated heterocycles. The van der Waals surface area contributed by atoms with Gasteiger partial charge in [0.15, 0.2) is 0 Å². The summed E-state index contributed by atoms with van der Waals surface area (Å²) in [4.78, 5) is 9.34. The van der Waals surface area contributed by atoms with Gasteiger partial charge in [-0.2, -0.15) is 0 Å². The molecule has 1 N–H and O–H groups in total. The maximum atomic E-state index is 11.4. The SMILES string of the molecule is CCCCCCCCCCCC=Cc1ccc2cc(OP(C)(=O)O)ccc2c1. The number of unbranched alkanes of at least 4 members (excludes halogenated alkanes) is 9. The molecule has 1 atom stereocenters. The number of rotatable bonds is 13. The van der Waals surface area contributed by atoms with Crippen LogP contribution < -0.4 is 4.52 Å². The topological polar surface area (TPSA) is 46.5 Å². The molecule has 2 aromatic carbocycles. The van der Waals surface area contributed by atoms with Crippen molar-refractivity contribution in [2.75, 3.05) is 6.66 Å². The van der Waals surface area contributed by atoms with Crippen LogP contribution in [-0.4, -0.2) is 11.6 Å². The van der Waals surface area contributed by atoms with Crippen LogP contribution in [0.1, 0.15) is 76.7 Å². The second-order valence-corrected chi connectivity index (χ2v) is 9.47. The highest BCUT2D eigenvalue weighted by Crippen LogP contribution is 2.39. The third kappa shape index (κ3) is 9.08. The molecule has 0 bridgehead atoms. The Kier molecular flexibility index (Phi) is 9.81. The molecule has 0 aliphatic carbocycles. The maximum Gasteiger partial charge on any atom is 0.373 e. The van der Waals surface area contributed by atoms with E-state index >= 15 is 0 Å². The molecule has 0 aliphatic heterocycles. The smallest absolute Gasteiger partial charge is 0.373 e. The van der Waals surface area contributed by atoms with Crippen molar-refractivity contribution >= 4 is 24.4 Å². The van der Waals surface area contributed by atoms with Crippen LogP contribution in [0, 0.1) is 0 Å². The van der Waals surface area contributed by atoms with Crippen molar-refractivity contribution < 1.29 is 14.0 Å². The molecule has 4 heteroatoms. The van der Waals surface area contributed by atoms with Gasteiger partial charge in [0.25, 0.3) is 0 Å². The number of allylic oxidation sites excluding steroid dienone is 1. The fourth-order valence-corrected chi connectivity index (χ4v) is 3.90. The molecule has 0 saturated carbocycles. The van der Waals surface area contributed by atoms with Crippen molar-refractivity contribution in [3.63, 3.8) is 0 Å². The van der Waals surface area contributed by atoms with Crippen molar-refractivity contribution in [1.82, 2.24) is 0 Å². The van der Waals surface area contributed by atoms with Gasteiger partial charge in [0.1, 0.15) is 5.75 Å². The molecule has 3 nitrogen and oxygen atoms in total. The molecule has 28 heavy (non-hydrogen) atoms. The molecule has 0 heterocycles. The zero-order chi connectivity index (χ0) is 20.2. The lowest BCUT2D eigenvalue weighted by Gasteiger charge is -2.09. The molecule has 2 aromatic rings. The van der Waals surface area contributed by atoms with Crippen molar-refractivity contribution in [3.05, 3.63) is 48.0 Å². The van der Waals surface area contributed by atoms with Gasteiger partial charge < -0.3 is 9.42 Å². The van der Waals surface area contributed by atoms with Gasteiger partial charge >= 0.3 is 7.60 Å². The molecule has 154 valence electrons. The standard InChI is InChI=1S/C24H35O3P/c1-3-4-5-6-7-8-9-10-11-12-13-14-21-15-16-23-20-24(27-28(2,25)26)18-17-22(23)19-21/h13-20H,3-12H2,1-2H3,(H,25,26). The van der Waals surface area contributed by atoms with Gasteiger partial charge in [0.05, 0.1) is 0 Å². The molecule has 0 aromatic heterocycles. The molecule has 0 spiro atoms. The molecule has 1 unspecified atom stereocenters. The second kappa shape index (κ2) is 12.1. The average Bonchev–Trinajstić information content (AvgIpc) is 2.65. The zero-order valence-corrected chi connectivity index (χ0v) is 18.3. The summed E-state index contributed by atoms with van der Waals surface area (Å²) in [5.41, 5.74) is 1.18. The first-order valence-electron chi connectivity index (χ1n) is 10.7. The van der Waals surface area contributed by atoms with E-state index in [9.17, 15) is 9.46 Å². The van der Waals surface area contributed by atoms with E-state index in [1.165, 1.54) is 70.0 Å². The van der Waals surface area contributed by atoms with E-state index in [0.29, 0.717) is 5.75 Å². The highest BCUT2D eigenvalue weighted by molar-refractivity contribution is 7.52. The highest BCUT2D eigenvalue weighted by atomic mass is 31.2. The van der Waals surface area contributed by atoms with Gasteiger partial charge in [-0.25, -0.2) is 4.57 Å². The minimum absolute atomic E-state index is 0.425. The Morgan fingerprint density at radius 2 is 1.50 bits per heavy atom.